The summed E-state index contributed by atoms with van der Waals surface area (Å²) in [5, 5.41) is 0. The average molecular weight is 149 g/mol. The second-order valence-corrected chi connectivity index (χ2v) is 3.24. The molecule has 0 aliphatic heterocycles. The van der Waals surface area contributed by atoms with Crippen LogP contribution in [-0.4, -0.2) is 12.5 Å². The van der Waals surface area contributed by atoms with Crippen molar-refractivity contribution in [3.05, 3.63) is 0 Å². The van der Waals surface area contributed by atoms with Gasteiger partial charge in [0.05, 0.1) is 0 Å². The first-order valence-electron chi connectivity index (χ1n) is 3.63. The number of hydrogen-bond acceptors (Lipinski definition) is 1. The van der Waals surface area contributed by atoms with Gasteiger partial charge in [-0.2, -0.15) is 0 Å². The molecule has 0 aromatic rings. The van der Waals surface area contributed by atoms with Crippen LogP contribution in [0.5, 0.6) is 0 Å². The minimum absolute atomic E-state index is 0.0470. The molecule has 0 aromatic heterocycles. The van der Waals surface area contributed by atoms with Crippen LogP contribution in [0.2, 0.25) is 0 Å². The van der Waals surface area contributed by atoms with Crippen molar-refractivity contribution in [3.8, 4) is 0 Å². The molecule has 0 amide bonds. The predicted octanol–water partition coefficient (Wildman–Crippen LogP) is 1.63. The van der Waals surface area contributed by atoms with Crippen LogP contribution in [0.25, 0.3) is 0 Å². The van der Waals surface area contributed by atoms with Crippen LogP contribution in [0.15, 0.2) is 0 Å². The Labute approximate surface area is 59.6 Å². The minimum Gasteiger partial charge on any atom is -0.330 e. The number of halogens is 2. The van der Waals surface area contributed by atoms with Gasteiger partial charge in [-0.1, -0.05) is 6.92 Å². The molecular formula is C7H13F2N. The van der Waals surface area contributed by atoms with Crippen molar-refractivity contribution in [2.24, 2.45) is 17.6 Å². The third-order valence-electron chi connectivity index (χ3n) is 2.30. The summed E-state index contributed by atoms with van der Waals surface area (Å²) in [6.07, 6.45) is 0.0940. The predicted molar refractivity (Wildman–Crippen MR) is 35.9 cm³/mol. The van der Waals surface area contributed by atoms with Gasteiger partial charge < -0.3 is 5.73 Å². The standard InChI is InChI=1S/C7H13F2N/c1-5(4-10)6-2-7(8,9)3-6/h5-6H,2-4,10H2,1H3. The highest BCUT2D eigenvalue weighted by Crippen LogP contribution is 2.45. The van der Waals surface area contributed by atoms with Crippen LogP contribution in [0.1, 0.15) is 19.8 Å². The molecule has 0 saturated heterocycles. The maximum absolute atomic E-state index is 12.2. The van der Waals surface area contributed by atoms with E-state index >= 15 is 0 Å². The second-order valence-electron chi connectivity index (χ2n) is 3.24. The third kappa shape index (κ3) is 1.45. The van der Waals surface area contributed by atoms with Crippen LogP contribution >= 0.6 is 0 Å². The summed E-state index contributed by atoms with van der Waals surface area (Å²) < 4.78 is 24.5. The molecule has 3 heteroatoms. The highest BCUT2D eigenvalue weighted by atomic mass is 19.3. The topological polar surface area (TPSA) is 26.0 Å². The molecule has 1 aliphatic carbocycles. The fraction of sp³-hybridized carbons (Fsp3) is 1.00. The van der Waals surface area contributed by atoms with Crippen molar-refractivity contribution in [1.82, 2.24) is 0 Å². The molecule has 1 rings (SSSR count). The highest BCUT2D eigenvalue weighted by molar-refractivity contribution is 4.88. The van der Waals surface area contributed by atoms with E-state index in [-0.39, 0.29) is 24.7 Å². The molecule has 1 saturated carbocycles. The summed E-state index contributed by atoms with van der Waals surface area (Å²) in [5.41, 5.74) is 5.33. The Balaban J connectivity index is 2.26. The van der Waals surface area contributed by atoms with Gasteiger partial charge in [-0.15, -0.1) is 0 Å². The van der Waals surface area contributed by atoms with E-state index in [4.69, 9.17) is 5.73 Å². The molecule has 60 valence electrons. The van der Waals surface area contributed by atoms with E-state index in [0.717, 1.165) is 0 Å². The second kappa shape index (κ2) is 2.46. The summed E-state index contributed by atoms with van der Waals surface area (Å²) in [5.74, 6) is -1.95. The van der Waals surface area contributed by atoms with Crippen LogP contribution < -0.4 is 5.73 Å². The number of nitrogens with two attached hydrogens (primary N) is 1. The maximum Gasteiger partial charge on any atom is 0.248 e. The van der Waals surface area contributed by atoms with E-state index in [1.807, 2.05) is 6.92 Å². The first kappa shape index (κ1) is 7.92. The molecule has 0 radical (unpaired) electrons. The summed E-state index contributed by atoms with van der Waals surface area (Å²) in [6.45, 7) is 2.46. The molecular weight excluding hydrogens is 136 g/mol. The van der Waals surface area contributed by atoms with E-state index in [2.05, 4.69) is 0 Å². The summed E-state index contributed by atoms with van der Waals surface area (Å²) >= 11 is 0. The van der Waals surface area contributed by atoms with E-state index < -0.39 is 5.92 Å². The van der Waals surface area contributed by atoms with Gasteiger partial charge in [0, 0.05) is 12.8 Å². The molecule has 1 aliphatic rings. The smallest absolute Gasteiger partial charge is 0.248 e. The molecule has 1 unspecified atom stereocenters. The van der Waals surface area contributed by atoms with Gasteiger partial charge in [-0.25, -0.2) is 8.78 Å². The highest BCUT2D eigenvalue weighted by Gasteiger charge is 2.46. The first-order chi connectivity index (χ1) is 4.55. The lowest BCUT2D eigenvalue weighted by molar-refractivity contribution is -0.123. The first-order valence-corrected chi connectivity index (χ1v) is 3.63. The fourth-order valence-corrected chi connectivity index (χ4v) is 1.30. The van der Waals surface area contributed by atoms with E-state index in [0.29, 0.717) is 6.54 Å². The zero-order chi connectivity index (χ0) is 7.78. The summed E-state index contributed by atoms with van der Waals surface area (Å²) in [4.78, 5) is 0. The SMILES string of the molecule is CC(CN)C1CC(F)(F)C1. The maximum atomic E-state index is 12.2. The van der Waals surface area contributed by atoms with Crippen molar-refractivity contribution >= 4 is 0 Å². The lowest BCUT2D eigenvalue weighted by Crippen LogP contribution is -2.40. The molecule has 1 atom stereocenters. The van der Waals surface area contributed by atoms with Crippen molar-refractivity contribution in [2.75, 3.05) is 6.54 Å². The van der Waals surface area contributed by atoms with Gasteiger partial charge in [-0.05, 0) is 18.4 Å². The molecule has 1 fully saturated rings. The van der Waals surface area contributed by atoms with E-state index in [1.165, 1.54) is 0 Å². The molecule has 10 heavy (non-hydrogen) atoms. The van der Waals surface area contributed by atoms with Crippen molar-refractivity contribution in [3.63, 3.8) is 0 Å². The molecule has 0 spiro atoms. The van der Waals surface area contributed by atoms with Crippen LogP contribution in [0.4, 0.5) is 8.78 Å². The van der Waals surface area contributed by atoms with Crippen molar-refractivity contribution in [1.29, 1.82) is 0 Å². The van der Waals surface area contributed by atoms with Gasteiger partial charge in [0.2, 0.25) is 5.92 Å². The van der Waals surface area contributed by atoms with Crippen LogP contribution in [-0.2, 0) is 0 Å². The quantitative estimate of drug-likeness (QED) is 0.634. The Kier molecular flexibility index (Phi) is 1.95. The zero-order valence-electron chi connectivity index (χ0n) is 6.11. The Morgan fingerprint density at radius 3 is 2.40 bits per heavy atom. The molecule has 1 nitrogen and oxygen atoms in total. The van der Waals surface area contributed by atoms with Gasteiger partial charge in [-0.3, -0.25) is 0 Å². The van der Waals surface area contributed by atoms with Crippen LogP contribution in [0, 0.1) is 11.8 Å². The Hall–Kier alpha value is -0.180. The number of hydrogen-bond donors (Lipinski definition) is 1. The summed E-state index contributed by atoms with van der Waals surface area (Å²) in [6, 6.07) is 0. The summed E-state index contributed by atoms with van der Waals surface area (Å²) in [7, 11) is 0. The van der Waals surface area contributed by atoms with Gasteiger partial charge in [0.1, 0.15) is 0 Å². The normalized spacial score (nSPS) is 27.6. The molecule has 2 N–H and O–H groups in total. The van der Waals surface area contributed by atoms with Crippen LogP contribution in [0.3, 0.4) is 0 Å². The number of alkyl halides is 2. The van der Waals surface area contributed by atoms with Crippen molar-refractivity contribution in [2.45, 2.75) is 25.7 Å². The fourth-order valence-electron chi connectivity index (χ4n) is 1.30. The van der Waals surface area contributed by atoms with Crippen molar-refractivity contribution < 1.29 is 8.78 Å². The number of rotatable bonds is 2. The average Bonchev–Trinajstić information content (AvgIpc) is 1.81. The van der Waals surface area contributed by atoms with E-state index in [1.54, 1.807) is 0 Å². The van der Waals surface area contributed by atoms with Gasteiger partial charge in [0.25, 0.3) is 0 Å². The largest absolute Gasteiger partial charge is 0.330 e. The minimum atomic E-state index is -2.38. The zero-order valence-corrected chi connectivity index (χ0v) is 6.11. The lowest BCUT2D eigenvalue weighted by Gasteiger charge is -2.38. The Morgan fingerprint density at radius 1 is 1.60 bits per heavy atom. The monoisotopic (exact) mass is 149 g/mol. The molecule has 0 heterocycles. The van der Waals surface area contributed by atoms with Gasteiger partial charge >= 0.3 is 0 Å². The third-order valence-corrected chi connectivity index (χ3v) is 2.30. The molecule has 0 bridgehead atoms. The Bertz CT molecular complexity index is 117. The van der Waals surface area contributed by atoms with Gasteiger partial charge in [0.15, 0.2) is 0 Å². The Morgan fingerprint density at radius 2 is 2.10 bits per heavy atom. The molecule has 0 aromatic carbocycles. The van der Waals surface area contributed by atoms with E-state index in [9.17, 15) is 8.78 Å². The lowest BCUT2D eigenvalue weighted by atomic mass is 9.74.